The highest BCUT2D eigenvalue weighted by atomic mass is 32.1. The fraction of sp³-hybridized carbons (Fsp3) is 0.520. The van der Waals surface area contributed by atoms with E-state index in [4.69, 9.17) is 0 Å². The quantitative estimate of drug-likeness (QED) is 0.238. The van der Waals surface area contributed by atoms with Crippen molar-refractivity contribution >= 4 is 12.6 Å². The molecular formula is C25H36S. The van der Waals surface area contributed by atoms with Crippen molar-refractivity contribution < 1.29 is 0 Å². The van der Waals surface area contributed by atoms with Crippen molar-refractivity contribution in [3.05, 3.63) is 59.7 Å². The summed E-state index contributed by atoms with van der Waals surface area (Å²) in [5.74, 6) is 9.03. The fourth-order valence-electron chi connectivity index (χ4n) is 3.89. The van der Waals surface area contributed by atoms with E-state index in [1.165, 1.54) is 23.1 Å². The molecule has 3 atom stereocenters. The van der Waals surface area contributed by atoms with Gasteiger partial charge in [0.25, 0.3) is 0 Å². The summed E-state index contributed by atoms with van der Waals surface area (Å²) in [5, 5.41) is 0. The van der Waals surface area contributed by atoms with Crippen LogP contribution in [0.4, 0.5) is 0 Å². The summed E-state index contributed by atoms with van der Waals surface area (Å²) in [4.78, 5) is 0. The fourth-order valence-corrected chi connectivity index (χ4v) is 4.15. The molecule has 0 saturated heterocycles. The first-order chi connectivity index (χ1) is 12.6. The predicted molar refractivity (Wildman–Crippen MR) is 121 cm³/mol. The third-order valence-corrected chi connectivity index (χ3v) is 5.31. The first-order valence-corrected chi connectivity index (χ1v) is 10.7. The van der Waals surface area contributed by atoms with Crippen LogP contribution in [0.5, 0.6) is 0 Å². The van der Waals surface area contributed by atoms with Gasteiger partial charge in [-0.1, -0.05) is 81.7 Å². The molecule has 0 N–H and O–H groups in total. The zero-order valence-electron chi connectivity index (χ0n) is 17.1. The van der Waals surface area contributed by atoms with Crippen molar-refractivity contribution in [1.29, 1.82) is 0 Å². The standard InChI is InChI=1S/C25H36S/c1-6-11-21(12-7-2)18-20(5)25(13-8-3)24(9-4)23-15-10-14-22(19-23)16-17-26/h6,10-11,14-15,19-20,24-26H,1,7,9,12,16-18H2,2-5H3/b21-11+. The van der Waals surface area contributed by atoms with Crippen LogP contribution in [0.3, 0.4) is 0 Å². The van der Waals surface area contributed by atoms with Crippen LogP contribution in [0.1, 0.15) is 70.4 Å². The van der Waals surface area contributed by atoms with Gasteiger partial charge in [-0.05, 0) is 61.3 Å². The minimum absolute atomic E-state index is 0.376. The van der Waals surface area contributed by atoms with E-state index < -0.39 is 0 Å². The lowest BCUT2D eigenvalue weighted by Crippen LogP contribution is -2.20. The highest BCUT2D eigenvalue weighted by Gasteiger charge is 2.26. The molecule has 142 valence electrons. The Bertz CT molecular complexity index is 629. The maximum atomic E-state index is 4.39. The minimum atomic E-state index is 0.376. The summed E-state index contributed by atoms with van der Waals surface area (Å²) in [6.45, 7) is 12.8. The Hall–Kier alpha value is -1.39. The van der Waals surface area contributed by atoms with E-state index in [-0.39, 0.29) is 0 Å². The van der Waals surface area contributed by atoms with E-state index in [2.05, 4.69) is 82.2 Å². The summed E-state index contributed by atoms with van der Waals surface area (Å²) in [5.41, 5.74) is 4.30. The molecule has 0 heterocycles. The summed E-state index contributed by atoms with van der Waals surface area (Å²) in [6, 6.07) is 9.05. The van der Waals surface area contributed by atoms with Crippen molar-refractivity contribution in [3.63, 3.8) is 0 Å². The Labute approximate surface area is 167 Å². The Kier molecular flexibility index (Phi) is 11.2. The van der Waals surface area contributed by atoms with Crippen molar-refractivity contribution in [2.45, 2.75) is 65.7 Å². The van der Waals surface area contributed by atoms with E-state index in [0.717, 1.165) is 31.4 Å². The molecule has 1 heteroatoms. The van der Waals surface area contributed by atoms with Gasteiger partial charge in [0.2, 0.25) is 0 Å². The molecule has 0 aliphatic rings. The molecule has 0 amide bonds. The smallest absolute Gasteiger partial charge is 0.0299 e. The third kappa shape index (κ3) is 7.08. The molecule has 0 aliphatic carbocycles. The molecule has 0 aromatic heterocycles. The first-order valence-electron chi connectivity index (χ1n) is 10.0. The van der Waals surface area contributed by atoms with Gasteiger partial charge in [-0.25, -0.2) is 0 Å². The second kappa shape index (κ2) is 12.9. The maximum Gasteiger partial charge on any atom is 0.0299 e. The van der Waals surface area contributed by atoms with Crippen molar-refractivity contribution in [2.75, 3.05) is 5.75 Å². The number of hydrogen-bond donors (Lipinski definition) is 1. The number of rotatable bonds is 11. The number of allylic oxidation sites excluding steroid dienone is 3. The highest BCUT2D eigenvalue weighted by molar-refractivity contribution is 7.80. The number of aryl methyl sites for hydroxylation is 1. The highest BCUT2D eigenvalue weighted by Crippen LogP contribution is 2.36. The molecule has 0 saturated carbocycles. The number of hydrogen-bond acceptors (Lipinski definition) is 1. The van der Waals surface area contributed by atoms with Gasteiger partial charge in [0.15, 0.2) is 0 Å². The van der Waals surface area contributed by atoms with E-state index >= 15 is 0 Å². The number of benzene rings is 1. The predicted octanol–water partition coefficient (Wildman–Crippen LogP) is 7.23. The third-order valence-electron chi connectivity index (χ3n) is 5.09. The van der Waals surface area contributed by atoms with Crippen molar-refractivity contribution in [1.82, 2.24) is 0 Å². The SMILES string of the molecule is C=C/C=C(\CCC)CC(C)C(C#CC)C(CC)c1cccc(CCS)c1. The van der Waals surface area contributed by atoms with E-state index in [1.807, 2.05) is 13.0 Å². The van der Waals surface area contributed by atoms with E-state index in [0.29, 0.717) is 17.8 Å². The van der Waals surface area contributed by atoms with Gasteiger partial charge < -0.3 is 0 Å². The molecule has 0 fully saturated rings. The topological polar surface area (TPSA) is 0 Å². The first kappa shape index (κ1) is 22.7. The molecule has 0 bridgehead atoms. The summed E-state index contributed by atoms with van der Waals surface area (Å²) >= 11 is 4.39. The lowest BCUT2D eigenvalue weighted by molar-refractivity contribution is 0.362. The molecule has 26 heavy (non-hydrogen) atoms. The monoisotopic (exact) mass is 368 g/mol. The molecule has 0 radical (unpaired) electrons. The van der Waals surface area contributed by atoms with Gasteiger partial charge in [-0.3, -0.25) is 0 Å². The zero-order chi connectivity index (χ0) is 19.4. The van der Waals surface area contributed by atoms with Crippen LogP contribution in [0, 0.1) is 23.7 Å². The largest absolute Gasteiger partial charge is 0.179 e. The Morgan fingerprint density at radius 1 is 1.31 bits per heavy atom. The normalized spacial score (nSPS) is 14.9. The van der Waals surface area contributed by atoms with Gasteiger partial charge in [0.1, 0.15) is 0 Å². The lowest BCUT2D eigenvalue weighted by atomic mass is 9.74. The van der Waals surface area contributed by atoms with Crippen LogP contribution in [-0.4, -0.2) is 5.75 Å². The molecule has 1 rings (SSSR count). The van der Waals surface area contributed by atoms with Crippen LogP contribution in [0.2, 0.25) is 0 Å². The molecule has 0 nitrogen and oxygen atoms in total. The summed E-state index contributed by atoms with van der Waals surface area (Å²) in [6.07, 6.45) is 9.70. The van der Waals surface area contributed by atoms with E-state index in [9.17, 15) is 0 Å². The van der Waals surface area contributed by atoms with E-state index in [1.54, 1.807) is 0 Å². The Balaban J connectivity index is 3.10. The van der Waals surface area contributed by atoms with Crippen LogP contribution >= 0.6 is 12.6 Å². The van der Waals surface area contributed by atoms with Gasteiger partial charge >= 0.3 is 0 Å². The minimum Gasteiger partial charge on any atom is -0.179 e. The summed E-state index contributed by atoms with van der Waals surface area (Å²) in [7, 11) is 0. The Morgan fingerprint density at radius 2 is 2.08 bits per heavy atom. The van der Waals surface area contributed by atoms with Gasteiger partial charge in [0, 0.05) is 5.92 Å². The van der Waals surface area contributed by atoms with Gasteiger partial charge in [0.05, 0.1) is 0 Å². The molecule has 1 aromatic rings. The van der Waals surface area contributed by atoms with Crippen LogP contribution in [0.15, 0.2) is 48.6 Å². The average Bonchev–Trinajstić information content (AvgIpc) is 2.62. The van der Waals surface area contributed by atoms with Gasteiger partial charge in [-0.15, -0.1) is 5.92 Å². The molecule has 3 unspecified atom stereocenters. The van der Waals surface area contributed by atoms with Crippen molar-refractivity contribution in [3.8, 4) is 11.8 Å². The van der Waals surface area contributed by atoms with Gasteiger partial charge in [-0.2, -0.15) is 12.6 Å². The molecule has 1 aromatic carbocycles. The lowest BCUT2D eigenvalue weighted by Gasteiger charge is -2.29. The second-order valence-electron chi connectivity index (χ2n) is 7.15. The average molecular weight is 369 g/mol. The molecular weight excluding hydrogens is 332 g/mol. The molecule has 0 aliphatic heterocycles. The molecule has 0 spiro atoms. The Morgan fingerprint density at radius 3 is 2.65 bits per heavy atom. The van der Waals surface area contributed by atoms with Crippen LogP contribution < -0.4 is 0 Å². The van der Waals surface area contributed by atoms with Crippen molar-refractivity contribution in [2.24, 2.45) is 11.8 Å². The van der Waals surface area contributed by atoms with Crippen LogP contribution in [0.25, 0.3) is 0 Å². The number of thiol groups is 1. The maximum absolute atomic E-state index is 4.39. The summed E-state index contributed by atoms with van der Waals surface area (Å²) < 4.78 is 0. The zero-order valence-corrected chi connectivity index (χ0v) is 18.0. The van der Waals surface area contributed by atoms with Crippen LogP contribution in [-0.2, 0) is 6.42 Å². The second-order valence-corrected chi connectivity index (χ2v) is 7.59.